The summed E-state index contributed by atoms with van der Waals surface area (Å²) in [4.78, 5) is 17.5. The van der Waals surface area contributed by atoms with Gasteiger partial charge in [-0.3, -0.25) is 4.79 Å². The number of nitrogens with zero attached hydrogens (tertiary/aromatic N) is 1. The first kappa shape index (κ1) is 11.3. The molecule has 4 nitrogen and oxygen atoms in total. The molecule has 0 bridgehead atoms. The van der Waals surface area contributed by atoms with Crippen LogP contribution in [-0.4, -0.2) is 17.1 Å². The van der Waals surface area contributed by atoms with Crippen molar-refractivity contribution in [2.24, 2.45) is 0 Å². The number of hydrogen-bond acceptors (Lipinski definition) is 3. The van der Waals surface area contributed by atoms with Crippen LogP contribution in [-0.2, 0) is 0 Å². The molecule has 6 heteroatoms. The number of methoxy groups -OCH3 is 1. The van der Waals surface area contributed by atoms with Crippen molar-refractivity contribution in [3.8, 4) is 17.0 Å². The fourth-order valence-electron chi connectivity index (χ4n) is 1.46. The lowest BCUT2D eigenvalue weighted by atomic mass is 10.1. The zero-order chi connectivity index (χ0) is 12.4. The van der Waals surface area contributed by atoms with E-state index >= 15 is 0 Å². The van der Waals surface area contributed by atoms with Gasteiger partial charge in [-0.25, -0.2) is 13.8 Å². The van der Waals surface area contributed by atoms with Crippen LogP contribution in [0.2, 0.25) is 0 Å². The number of aromatic nitrogens is 2. The van der Waals surface area contributed by atoms with Gasteiger partial charge < -0.3 is 9.72 Å². The fourth-order valence-corrected chi connectivity index (χ4v) is 1.46. The quantitative estimate of drug-likeness (QED) is 0.866. The van der Waals surface area contributed by atoms with Gasteiger partial charge in [0.1, 0.15) is 5.69 Å². The highest BCUT2D eigenvalue weighted by atomic mass is 19.2. The zero-order valence-electron chi connectivity index (χ0n) is 8.83. The average Bonchev–Trinajstić information content (AvgIpc) is 2.32. The van der Waals surface area contributed by atoms with Crippen molar-refractivity contribution in [2.75, 3.05) is 7.11 Å². The van der Waals surface area contributed by atoms with Crippen LogP contribution in [0.4, 0.5) is 8.78 Å². The summed E-state index contributed by atoms with van der Waals surface area (Å²) in [5.74, 6) is -2.23. The molecule has 1 N–H and O–H groups in total. The highest BCUT2D eigenvalue weighted by Gasteiger charge is 2.17. The Bertz CT molecular complexity index is 611. The summed E-state index contributed by atoms with van der Waals surface area (Å²) in [7, 11) is 1.26. The number of benzene rings is 1. The standard InChI is InChI=1S/C11H8F2N2O2/c1-17-10-9(14-5-15-11(10)16)6-3-2-4-7(12)8(6)13/h2-5H,1H3,(H,14,15,16). The second kappa shape index (κ2) is 4.32. The Morgan fingerprint density at radius 1 is 1.35 bits per heavy atom. The van der Waals surface area contributed by atoms with Crippen LogP contribution in [0.3, 0.4) is 0 Å². The third-order valence-electron chi connectivity index (χ3n) is 2.22. The van der Waals surface area contributed by atoms with Gasteiger partial charge in [-0.2, -0.15) is 0 Å². The van der Waals surface area contributed by atoms with Gasteiger partial charge in [0.15, 0.2) is 11.6 Å². The summed E-state index contributed by atoms with van der Waals surface area (Å²) in [6, 6.07) is 3.64. The van der Waals surface area contributed by atoms with Crippen molar-refractivity contribution < 1.29 is 13.5 Å². The van der Waals surface area contributed by atoms with E-state index in [2.05, 4.69) is 9.97 Å². The molecule has 88 valence electrons. The summed E-state index contributed by atoms with van der Waals surface area (Å²) in [6.45, 7) is 0. The highest BCUT2D eigenvalue weighted by molar-refractivity contribution is 5.66. The lowest BCUT2D eigenvalue weighted by Crippen LogP contribution is -2.11. The second-order valence-electron chi connectivity index (χ2n) is 3.21. The molecule has 0 unspecified atom stereocenters. The molecule has 2 aromatic rings. The summed E-state index contributed by atoms with van der Waals surface area (Å²) in [6.07, 6.45) is 1.10. The summed E-state index contributed by atoms with van der Waals surface area (Å²) >= 11 is 0. The number of hydrogen-bond donors (Lipinski definition) is 1. The van der Waals surface area contributed by atoms with Crippen molar-refractivity contribution in [1.82, 2.24) is 9.97 Å². The van der Waals surface area contributed by atoms with Crippen LogP contribution in [0.1, 0.15) is 0 Å². The van der Waals surface area contributed by atoms with Gasteiger partial charge in [-0.1, -0.05) is 6.07 Å². The number of H-pyrrole nitrogens is 1. The first-order valence-electron chi connectivity index (χ1n) is 4.71. The SMILES string of the molecule is COc1c(-c2cccc(F)c2F)nc[nH]c1=O. The first-order valence-corrected chi connectivity index (χ1v) is 4.71. The fraction of sp³-hybridized carbons (Fsp3) is 0.0909. The molecule has 1 aromatic heterocycles. The summed E-state index contributed by atoms with van der Waals surface area (Å²) in [5, 5.41) is 0. The van der Waals surface area contributed by atoms with E-state index in [9.17, 15) is 13.6 Å². The molecule has 17 heavy (non-hydrogen) atoms. The molecule has 0 amide bonds. The van der Waals surface area contributed by atoms with Crippen molar-refractivity contribution in [1.29, 1.82) is 0 Å². The lowest BCUT2D eigenvalue weighted by molar-refractivity contribution is 0.407. The molecule has 1 heterocycles. The summed E-state index contributed by atoms with van der Waals surface area (Å²) < 4.78 is 31.5. The minimum absolute atomic E-state index is 0.0340. The van der Waals surface area contributed by atoms with Crippen LogP contribution in [0.15, 0.2) is 29.3 Å². The zero-order valence-corrected chi connectivity index (χ0v) is 8.83. The minimum atomic E-state index is -1.07. The molecule has 0 saturated heterocycles. The Morgan fingerprint density at radius 2 is 2.12 bits per heavy atom. The number of rotatable bonds is 2. The predicted molar refractivity (Wildman–Crippen MR) is 56.8 cm³/mol. The Kier molecular flexibility index (Phi) is 2.86. The smallest absolute Gasteiger partial charge is 0.293 e. The third-order valence-corrected chi connectivity index (χ3v) is 2.22. The molecule has 0 aliphatic carbocycles. The van der Waals surface area contributed by atoms with Gasteiger partial charge in [0, 0.05) is 5.56 Å². The van der Waals surface area contributed by atoms with Crippen molar-refractivity contribution >= 4 is 0 Å². The van der Waals surface area contributed by atoms with Crippen LogP contribution in [0.5, 0.6) is 5.75 Å². The summed E-state index contributed by atoms with van der Waals surface area (Å²) in [5.41, 5.74) is -0.706. The number of nitrogens with one attached hydrogen (secondary N) is 1. The third kappa shape index (κ3) is 1.89. The van der Waals surface area contributed by atoms with Crippen LogP contribution in [0, 0.1) is 11.6 Å². The van der Waals surface area contributed by atoms with E-state index < -0.39 is 17.2 Å². The molecule has 1 aromatic carbocycles. The van der Waals surface area contributed by atoms with E-state index in [1.807, 2.05) is 0 Å². The monoisotopic (exact) mass is 238 g/mol. The molecule has 0 radical (unpaired) electrons. The second-order valence-corrected chi connectivity index (χ2v) is 3.21. The highest BCUT2D eigenvalue weighted by Crippen LogP contribution is 2.27. The predicted octanol–water partition coefficient (Wildman–Crippen LogP) is 1.72. The van der Waals surface area contributed by atoms with E-state index in [1.54, 1.807) is 0 Å². The lowest BCUT2D eigenvalue weighted by Gasteiger charge is -2.07. The number of aromatic amines is 1. The molecule has 0 aliphatic heterocycles. The van der Waals surface area contributed by atoms with E-state index in [4.69, 9.17) is 4.74 Å². The van der Waals surface area contributed by atoms with Crippen molar-refractivity contribution in [2.45, 2.75) is 0 Å². The van der Waals surface area contributed by atoms with Crippen LogP contribution in [0.25, 0.3) is 11.3 Å². The Labute approximate surface area is 94.9 Å². The number of halogens is 2. The largest absolute Gasteiger partial charge is 0.490 e. The van der Waals surface area contributed by atoms with Gasteiger partial charge in [-0.05, 0) is 12.1 Å². The molecule has 0 aliphatic rings. The molecule has 2 rings (SSSR count). The van der Waals surface area contributed by atoms with E-state index in [-0.39, 0.29) is 17.0 Å². The molecule has 0 saturated carbocycles. The van der Waals surface area contributed by atoms with Gasteiger partial charge >= 0.3 is 0 Å². The molecular weight excluding hydrogens is 230 g/mol. The van der Waals surface area contributed by atoms with Gasteiger partial charge in [0.2, 0.25) is 5.75 Å². The normalized spacial score (nSPS) is 10.3. The minimum Gasteiger partial charge on any atom is -0.490 e. The van der Waals surface area contributed by atoms with Gasteiger partial charge in [0.25, 0.3) is 5.56 Å². The van der Waals surface area contributed by atoms with Crippen molar-refractivity contribution in [3.05, 3.63) is 46.5 Å². The van der Waals surface area contributed by atoms with E-state index in [0.29, 0.717) is 0 Å². The Morgan fingerprint density at radius 3 is 2.82 bits per heavy atom. The first-order chi connectivity index (χ1) is 8.15. The molecule has 0 fully saturated rings. The maximum atomic E-state index is 13.6. The van der Waals surface area contributed by atoms with Crippen LogP contribution >= 0.6 is 0 Å². The maximum absolute atomic E-state index is 13.6. The van der Waals surface area contributed by atoms with Crippen molar-refractivity contribution in [3.63, 3.8) is 0 Å². The van der Waals surface area contributed by atoms with E-state index in [1.165, 1.54) is 19.2 Å². The maximum Gasteiger partial charge on any atom is 0.293 e. The average molecular weight is 238 g/mol. The van der Waals surface area contributed by atoms with Gasteiger partial charge in [0.05, 0.1) is 13.4 Å². The Hall–Kier alpha value is -2.24. The molecule has 0 atom stereocenters. The molecular formula is C11H8F2N2O2. The number of ether oxygens (including phenoxy) is 1. The van der Waals surface area contributed by atoms with Gasteiger partial charge in [-0.15, -0.1) is 0 Å². The Balaban J connectivity index is 2.73. The molecule has 0 spiro atoms. The van der Waals surface area contributed by atoms with Crippen LogP contribution < -0.4 is 10.3 Å². The topological polar surface area (TPSA) is 55.0 Å². The van der Waals surface area contributed by atoms with E-state index in [0.717, 1.165) is 12.4 Å².